The van der Waals surface area contributed by atoms with Crippen LogP contribution in [-0.4, -0.2) is 24.9 Å². The summed E-state index contributed by atoms with van der Waals surface area (Å²) in [5, 5.41) is 0. The van der Waals surface area contributed by atoms with Gasteiger partial charge in [0.05, 0.1) is 5.69 Å². The summed E-state index contributed by atoms with van der Waals surface area (Å²) >= 11 is 0. The van der Waals surface area contributed by atoms with Gasteiger partial charge in [0.15, 0.2) is 0 Å². The summed E-state index contributed by atoms with van der Waals surface area (Å²) in [6.45, 7) is 2.07. The summed E-state index contributed by atoms with van der Waals surface area (Å²) in [7, 11) is -3.57. The minimum Gasteiger partial charge on any atom is -0.398 e. The summed E-state index contributed by atoms with van der Waals surface area (Å²) in [6.07, 6.45) is 4.78. The van der Waals surface area contributed by atoms with E-state index in [-0.39, 0.29) is 10.6 Å². The largest absolute Gasteiger partial charge is 0.398 e. The van der Waals surface area contributed by atoms with E-state index in [0.29, 0.717) is 24.9 Å². The van der Waals surface area contributed by atoms with Gasteiger partial charge in [-0.25, -0.2) is 18.1 Å². The zero-order valence-corrected chi connectivity index (χ0v) is 12.1. The molecule has 0 amide bonds. The average molecular weight is 294 g/mol. The maximum absolute atomic E-state index is 12.2. The number of benzene rings is 1. The zero-order valence-electron chi connectivity index (χ0n) is 11.3. The van der Waals surface area contributed by atoms with E-state index in [1.54, 1.807) is 37.5 Å². The highest BCUT2D eigenvalue weighted by atomic mass is 32.2. The van der Waals surface area contributed by atoms with Gasteiger partial charge in [0.25, 0.3) is 0 Å². The maximum Gasteiger partial charge on any atom is 0.242 e. The molecule has 2 rings (SSSR count). The molecule has 1 aromatic heterocycles. The molecule has 0 fully saturated rings. The number of hydrogen-bond donors (Lipinski definition) is 3. The molecule has 0 atom stereocenters. The second-order valence-electron chi connectivity index (χ2n) is 4.53. The van der Waals surface area contributed by atoms with Gasteiger partial charge in [-0.15, -0.1) is 0 Å². The van der Waals surface area contributed by atoms with Gasteiger partial charge in [-0.1, -0.05) is 12.1 Å². The van der Waals surface area contributed by atoms with Crippen molar-refractivity contribution in [3.63, 3.8) is 0 Å². The van der Waals surface area contributed by atoms with Crippen molar-refractivity contribution in [1.29, 1.82) is 0 Å². The molecule has 20 heavy (non-hydrogen) atoms. The lowest BCUT2D eigenvalue weighted by atomic mass is 10.2. The van der Waals surface area contributed by atoms with Crippen LogP contribution >= 0.6 is 0 Å². The number of nitrogens with two attached hydrogens (primary N) is 1. The van der Waals surface area contributed by atoms with Crippen molar-refractivity contribution in [1.82, 2.24) is 14.7 Å². The molecule has 0 saturated heterocycles. The number of H-pyrrole nitrogens is 1. The Bertz CT molecular complexity index is 645. The van der Waals surface area contributed by atoms with Crippen molar-refractivity contribution in [3.05, 3.63) is 42.0 Å². The molecule has 0 aliphatic carbocycles. The Morgan fingerprint density at radius 3 is 2.85 bits per heavy atom. The van der Waals surface area contributed by atoms with Gasteiger partial charge in [-0.05, 0) is 25.0 Å². The molecule has 1 aromatic carbocycles. The standard InChI is InChI=1S/C13H18N4O2S/c1-10-4-2-5-11(14)13(10)20(18,19)17-7-3-6-12-15-8-9-16-12/h2,4-5,8-9,17H,3,6-7,14H2,1H3,(H,15,16). The molecule has 6 nitrogen and oxygen atoms in total. The van der Waals surface area contributed by atoms with Gasteiger partial charge in [-0.2, -0.15) is 0 Å². The highest BCUT2D eigenvalue weighted by Crippen LogP contribution is 2.21. The van der Waals surface area contributed by atoms with Crippen LogP contribution in [0.5, 0.6) is 0 Å². The molecule has 0 bridgehead atoms. The molecular weight excluding hydrogens is 276 g/mol. The normalized spacial score (nSPS) is 11.7. The van der Waals surface area contributed by atoms with Gasteiger partial charge in [-0.3, -0.25) is 0 Å². The number of aromatic nitrogens is 2. The van der Waals surface area contributed by atoms with E-state index >= 15 is 0 Å². The van der Waals surface area contributed by atoms with Gasteiger partial charge in [0, 0.05) is 25.4 Å². The predicted molar refractivity (Wildman–Crippen MR) is 77.7 cm³/mol. The smallest absolute Gasteiger partial charge is 0.242 e. The third-order valence-corrected chi connectivity index (χ3v) is 4.63. The second-order valence-corrected chi connectivity index (χ2v) is 6.23. The third kappa shape index (κ3) is 3.37. The monoisotopic (exact) mass is 294 g/mol. The van der Waals surface area contributed by atoms with E-state index in [4.69, 9.17) is 5.73 Å². The van der Waals surface area contributed by atoms with Crippen LogP contribution in [0, 0.1) is 6.92 Å². The number of aromatic amines is 1. The van der Waals surface area contributed by atoms with E-state index in [1.807, 2.05) is 0 Å². The zero-order chi connectivity index (χ0) is 14.6. The Morgan fingerprint density at radius 1 is 1.40 bits per heavy atom. The lowest BCUT2D eigenvalue weighted by Crippen LogP contribution is -2.26. The quantitative estimate of drug-likeness (QED) is 0.550. The molecule has 0 saturated carbocycles. The number of rotatable bonds is 6. The lowest BCUT2D eigenvalue weighted by molar-refractivity contribution is 0.578. The van der Waals surface area contributed by atoms with Crippen LogP contribution in [0.15, 0.2) is 35.5 Å². The van der Waals surface area contributed by atoms with Gasteiger partial charge in [0.2, 0.25) is 10.0 Å². The van der Waals surface area contributed by atoms with Gasteiger partial charge in [0.1, 0.15) is 10.7 Å². The predicted octanol–water partition coefficient (Wildman–Crippen LogP) is 1.21. The van der Waals surface area contributed by atoms with Crippen molar-refractivity contribution in [3.8, 4) is 0 Å². The summed E-state index contributed by atoms with van der Waals surface area (Å²) < 4.78 is 27.0. The molecule has 1 heterocycles. The van der Waals surface area contributed by atoms with E-state index in [2.05, 4.69) is 14.7 Å². The second kappa shape index (κ2) is 6.06. The number of imidazole rings is 1. The topological polar surface area (TPSA) is 101 Å². The number of sulfonamides is 1. The molecule has 2 aromatic rings. The number of nitrogens with zero attached hydrogens (tertiary/aromatic N) is 1. The van der Waals surface area contributed by atoms with Crippen molar-refractivity contribution in [2.75, 3.05) is 12.3 Å². The molecular formula is C13H18N4O2S. The number of nitrogen functional groups attached to an aromatic ring is 1. The van der Waals surface area contributed by atoms with Crippen molar-refractivity contribution in [2.45, 2.75) is 24.7 Å². The first-order valence-electron chi connectivity index (χ1n) is 6.34. The van der Waals surface area contributed by atoms with E-state index < -0.39 is 10.0 Å². The fourth-order valence-corrected chi connectivity index (χ4v) is 3.44. The van der Waals surface area contributed by atoms with Crippen molar-refractivity contribution < 1.29 is 8.42 Å². The fraction of sp³-hybridized carbons (Fsp3) is 0.308. The van der Waals surface area contributed by atoms with Crippen LogP contribution in [-0.2, 0) is 16.4 Å². The lowest BCUT2D eigenvalue weighted by Gasteiger charge is -2.11. The number of anilines is 1. The molecule has 0 unspecified atom stereocenters. The molecule has 0 spiro atoms. The highest BCUT2D eigenvalue weighted by Gasteiger charge is 2.19. The summed E-state index contributed by atoms with van der Waals surface area (Å²) in [5.74, 6) is 0.847. The fourth-order valence-electron chi connectivity index (χ4n) is 2.01. The number of aryl methyl sites for hydroxylation is 2. The Kier molecular flexibility index (Phi) is 4.41. The molecule has 0 radical (unpaired) electrons. The summed E-state index contributed by atoms with van der Waals surface area (Å²) in [6, 6.07) is 5.05. The van der Waals surface area contributed by atoms with Crippen LogP contribution in [0.4, 0.5) is 5.69 Å². The number of hydrogen-bond acceptors (Lipinski definition) is 4. The van der Waals surface area contributed by atoms with E-state index in [1.165, 1.54) is 0 Å². The molecule has 108 valence electrons. The molecule has 4 N–H and O–H groups in total. The first-order valence-corrected chi connectivity index (χ1v) is 7.82. The first-order chi connectivity index (χ1) is 9.50. The minimum absolute atomic E-state index is 0.165. The number of nitrogens with one attached hydrogen (secondary N) is 2. The van der Waals surface area contributed by atoms with E-state index in [9.17, 15) is 8.42 Å². The molecule has 7 heteroatoms. The SMILES string of the molecule is Cc1cccc(N)c1S(=O)(=O)NCCCc1ncc[nH]1. The first kappa shape index (κ1) is 14.5. The Labute approximate surface area is 118 Å². The van der Waals surface area contributed by atoms with Crippen LogP contribution in [0.3, 0.4) is 0 Å². The highest BCUT2D eigenvalue weighted by molar-refractivity contribution is 7.89. The van der Waals surface area contributed by atoms with Gasteiger partial charge < -0.3 is 10.7 Å². The van der Waals surface area contributed by atoms with E-state index in [0.717, 1.165) is 5.82 Å². The maximum atomic E-state index is 12.2. The molecule has 0 aliphatic heterocycles. The average Bonchev–Trinajstić information content (AvgIpc) is 2.87. The van der Waals surface area contributed by atoms with Crippen LogP contribution < -0.4 is 10.5 Å². The third-order valence-electron chi connectivity index (χ3n) is 2.95. The van der Waals surface area contributed by atoms with Crippen molar-refractivity contribution >= 4 is 15.7 Å². The van der Waals surface area contributed by atoms with Crippen LogP contribution in [0.1, 0.15) is 17.8 Å². The Hall–Kier alpha value is -1.86. The van der Waals surface area contributed by atoms with Crippen molar-refractivity contribution in [2.24, 2.45) is 0 Å². The minimum atomic E-state index is -3.57. The van der Waals surface area contributed by atoms with Crippen LogP contribution in [0.2, 0.25) is 0 Å². The van der Waals surface area contributed by atoms with Crippen LogP contribution in [0.25, 0.3) is 0 Å². The Balaban J connectivity index is 1.97. The van der Waals surface area contributed by atoms with Gasteiger partial charge >= 0.3 is 0 Å². The molecule has 0 aliphatic rings. The summed E-state index contributed by atoms with van der Waals surface area (Å²) in [5.41, 5.74) is 6.66. The summed E-state index contributed by atoms with van der Waals surface area (Å²) in [4.78, 5) is 7.23. The Morgan fingerprint density at radius 2 is 2.20 bits per heavy atom.